The van der Waals surface area contributed by atoms with Crippen LogP contribution in [0, 0.1) is 0 Å². The number of phenolic OH excluding ortho intramolecular Hbond substituents is 1. The summed E-state index contributed by atoms with van der Waals surface area (Å²) < 4.78 is 6.10. The lowest BCUT2D eigenvalue weighted by atomic mass is 9.78. The maximum atomic E-state index is 13.7. The maximum absolute atomic E-state index is 13.7. The van der Waals surface area contributed by atoms with Crippen LogP contribution in [0.5, 0.6) is 11.5 Å². The number of hydrogen-bond donors (Lipinski definition) is 1. The monoisotopic (exact) mass is 514 g/mol. The van der Waals surface area contributed by atoms with E-state index in [2.05, 4.69) is 107 Å². The van der Waals surface area contributed by atoms with Crippen molar-refractivity contribution < 1.29 is 14.6 Å². The molecule has 1 N–H and O–H groups in total. The molecule has 0 bridgehead atoms. The minimum atomic E-state index is -0.438. The normalized spacial score (nSPS) is 12.9. The van der Waals surface area contributed by atoms with Crippen LogP contribution in [0.15, 0.2) is 54.6 Å². The molecule has 3 aromatic carbocycles. The summed E-state index contributed by atoms with van der Waals surface area (Å²) in [5.74, 6) is 0.237. The van der Waals surface area contributed by atoms with Gasteiger partial charge in [0.1, 0.15) is 11.5 Å². The van der Waals surface area contributed by atoms with Gasteiger partial charge in [-0.2, -0.15) is 0 Å². The zero-order valence-electron chi connectivity index (χ0n) is 25.5. The van der Waals surface area contributed by atoms with Gasteiger partial charge in [0.2, 0.25) is 0 Å². The average molecular weight is 515 g/mol. The Kier molecular flexibility index (Phi) is 7.69. The third-order valence-corrected chi connectivity index (χ3v) is 7.06. The third-order valence-electron chi connectivity index (χ3n) is 7.06. The summed E-state index contributed by atoms with van der Waals surface area (Å²) >= 11 is 0. The van der Waals surface area contributed by atoms with E-state index in [0.717, 1.165) is 11.1 Å². The molecule has 3 nitrogen and oxygen atoms in total. The van der Waals surface area contributed by atoms with E-state index in [1.165, 1.54) is 16.7 Å². The molecule has 0 aliphatic heterocycles. The summed E-state index contributed by atoms with van der Waals surface area (Å²) in [4.78, 5) is 13.7. The van der Waals surface area contributed by atoms with Gasteiger partial charge in [-0.3, -0.25) is 0 Å². The second-order valence-electron chi connectivity index (χ2n) is 14.6. The molecule has 0 saturated heterocycles. The van der Waals surface area contributed by atoms with E-state index < -0.39 is 5.97 Å². The van der Waals surface area contributed by atoms with Gasteiger partial charge in [0.15, 0.2) is 0 Å². The fraction of sp³-hybridized carbons (Fsp3) is 0.457. The number of carbonyl (C=O) groups is 1. The number of rotatable bonds is 3. The maximum Gasteiger partial charge on any atom is 0.344 e. The van der Waals surface area contributed by atoms with Crippen molar-refractivity contribution in [1.29, 1.82) is 0 Å². The molecule has 3 heteroatoms. The summed E-state index contributed by atoms with van der Waals surface area (Å²) in [5, 5.41) is 10.4. The van der Waals surface area contributed by atoms with E-state index in [-0.39, 0.29) is 27.4 Å². The summed E-state index contributed by atoms with van der Waals surface area (Å²) in [7, 11) is 0. The zero-order valence-corrected chi connectivity index (χ0v) is 25.5. The molecule has 0 radical (unpaired) electrons. The third kappa shape index (κ3) is 6.67. The highest BCUT2D eigenvalue weighted by atomic mass is 16.5. The minimum absolute atomic E-state index is 0.0184. The predicted molar refractivity (Wildman–Crippen MR) is 160 cm³/mol. The number of aromatic hydroxyl groups is 1. The number of esters is 1. The van der Waals surface area contributed by atoms with E-state index >= 15 is 0 Å². The van der Waals surface area contributed by atoms with E-state index in [1.807, 2.05) is 12.1 Å². The molecule has 3 aromatic rings. The van der Waals surface area contributed by atoms with Crippen LogP contribution >= 0.6 is 0 Å². The Morgan fingerprint density at radius 3 is 1.61 bits per heavy atom. The van der Waals surface area contributed by atoms with Crippen LogP contribution in [0.1, 0.15) is 116 Å². The molecule has 0 unspecified atom stereocenters. The van der Waals surface area contributed by atoms with Gasteiger partial charge >= 0.3 is 5.97 Å². The van der Waals surface area contributed by atoms with Crippen molar-refractivity contribution >= 4 is 5.97 Å². The number of ether oxygens (including phenoxy) is 1. The number of phenols is 1. The highest BCUT2D eigenvalue weighted by molar-refractivity contribution is 5.99. The van der Waals surface area contributed by atoms with Crippen LogP contribution in [-0.2, 0) is 21.7 Å². The molecular weight excluding hydrogens is 468 g/mol. The van der Waals surface area contributed by atoms with Crippen LogP contribution in [0.4, 0.5) is 0 Å². The smallest absolute Gasteiger partial charge is 0.344 e. The lowest BCUT2D eigenvalue weighted by Crippen LogP contribution is -2.19. The summed E-state index contributed by atoms with van der Waals surface area (Å²) in [5.41, 5.74) is 6.13. The Morgan fingerprint density at radius 1 is 0.605 bits per heavy atom. The molecule has 0 aliphatic rings. The first-order valence-corrected chi connectivity index (χ1v) is 13.5. The molecule has 0 fully saturated rings. The Labute approximate surface area is 230 Å². The van der Waals surface area contributed by atoms with Crippen LogP contribution in [0.3, 0.4) is 0 Å². The second kappa shape index (κ2) is 9.91. The van der Waals surface area contributed by atoms with Gasteiger partial charge < -0.3 is 9.84 Å². The molecule has 0 heterocycles. The summed E-state index contributed by atoms with van der Waals surface area (Å²) in [6, 6.07) is 17.5. The quantitative estimate of drug-likeness (QED) is 0.280. The Bertz CT molecular complexity index is 1300. The largest absolute Gasteiger partial charge is 0.508 e. The number of hydrogen-bond acceptors (Lipinski definition) is 3. The molecule has 0 aromatic heterocycles. The molecule has 0 aliphatic carbocycles. The number of carbonyl (C=O) groups excluding carboxylic acids is 1. The SMILES string of the molecule is CC(C)(C)c1cc(-c2cc(O)ccc2C(=O)Oc2ccc(C(C)(C)C)cc2C(C)(C)C)cc(C(C)(C)C)c1. The molecule has 0 amide bonds. The van der Waals surface area contributed by atoms with E-state index in [4.69, 9.17) is 4.74 Å². The Balaban J connectivity index is 2.16. The summed E-state index contributed by atoms with van der Waals surface area (Å²) in [6.07, 6.45) is 0. The molecule has 3 rings (SSSR count). The van der Waals surface area contributed by atoms with Gasteiger partial charge in [-0.25, -0.2) is 4.79 Å². The first-order chi connectivity index (χ1) is 17.2. The van der Waals surface area contributed by atoms with Gasteiger partial charge in [-0.15, -0.1) is 0 Å². The second-order valence-corrected chi connectivity index (χ2v) is 14.6. The fourth-order valence-electron chi connectivity index (χ4n) is 4.42. The van der Waals surface area contributed by atoms with Gasteiger partial charge in [0.05, 0.1) is 5.56 Å². The standard InChI is InChI=1S/C35H46O3/c1-32(2,3)23-13-16-30(29(20-23)35(10,11)12)38-31(37)27-15-14-26(36)21-28(27)22-17-24(33(4,5)6)19-25(18-22)34(7,8)9/h13-21,36H,1-12H3. The highest BCUT2D eigenvalue weighted by Gasteiger charge is 2.27. The molecule has 38 heavy (non-hydrogen) atoms. The van der Waals surface area contributed by atoms with Gasteiger partial charge in [-0.05, 0) is 73.7 Å². The van der Waals surface area contributed by atoms with E-state index in [0.29, 0.717) is 16.9 Å². The average Bonchev–Trinajstić information content (AvgIpc) is 2.76. The molecule has 0 spiro atoms. The van der Waals surface area contributed by atoms with Crippen molar-refractivity contribution in [3.63, 3.8) is 0 Å². The van der Waals surface area contributed by atoms with Crippen molar-refractivity contribution in [2.75, 3.05) is 0 Å². The highest BCUT2D eigenvalue weighted by Crippen LogP contribution is 2.38. The minimum Gasteiger partial charge on any atom is -0.508 e. The van der Waals surface area contributed by atoms with Crippen molar-refractivity contribution in [3.05, 3.63) is 82.4 Å². The molecule has 0 saturated carbocycles. The first-order valence-electron chi connectivity index (χ1n) is 13.5. The predicted octanol–water partition coefficient (Wildman–Crippen LogP) is 9.47. The van der Waals surface area contributed by atoms with Gasteiger partial charge in [0.25, 0.3) is 0 Å². The van der Waals surface area contributed by atoms with Crippen LogP contribution in [-0.4, -0.2) is 11.1 Å². The van der Waals surface area contributed by atoms with Crippen LogP contribution < -0.4 is 4.74 Å². The zero-order chi connectivity index (χ0) is 28.8. The van der Waals surface area contributed by atoms with Gasteiger partial charge in [0, 0.05) is 5.56 Å². The van der Waals surface area contributed by atoms with E-state index in [9.17, 15) is 9.90 Å². The lowest BCUT2D eigenvalue weighted by Gasteiger charge is -2.27. The Hall–Kier alpha value is -3.07. The molecule has 0 atom stereocenters. The topological polar surface area (TPSA) is 46.5 Å². The lowest BCUT2D eigenvalue weighted by molar-refractivity contribution is 0.0732. The van der Waals surface area contributed by atoms with E-state index in [1.54, 1.807) is 18.2 Å². The Morgan fingerprint density at radius 2 is 1.13 bits per heavy atom. The number of benzene rings is 3. The van der Waals surface area contributed by atoms with Crippen molar-refractivity contribution in [1.82, 2.24) is 0 Å². The van der Waals surface area contributed by atoms with Crippen molar-refractivity contribution in [2.24, 2.45) is 0 Å². The molecule has 204 valence electrons. The first kappa shape index (κ1) is 29.5. The van der Waals surface area contributed by atoms with Gasteiger partial charge in [-0.1, -0.05) is 113 Å². The summed E-state index contributed by atoms with van der Waals surface area (Å²) in [6.45, 7) is 26.0. The van der Waals surface area contributed by atoms with Crippen LogP contribution in [0.25, 0.3) is 11.1 Å². The van der Waals surface area contributed by atoms with Crippen molar-refractivity contribution in [3.8, 4) is 22.6 Å². The van der Waals surface area contributed by atoms with Crippen LogP contribution in [0.2, 0.25) is 0 Å². The fourth-order valence-corrected chi connectivity index (χ4v) is 4.42. The molecular formula is C35H46O3. The van der Waals surface area contributed by atoms with Crippen molar-refractivity contribution in [2.45, 2.75) is 105 Å².